The van der Waals surface area contributed by atoms with Crippen LogP contribution in [0.15, 0.2) is 60.7 Å². The minimum atomic E-state index is -1.46. The Bertz CT molecular complexity index is 1440. The molecular formula is C28H25Cl3N4O5. The van der Waals surface area contributed by atoms with Crippen molar-refractivity contribution in [1.29, 1.82) is 0 Å². The fourth-order valence-electron chi connectivity index (χ4n) is 4.44. The molecule has 12 heteroatoms. The third-order valence-electron chi connectivity index (χ3n) is 6.31. The van der Waals surface area contributed by atoms with E-state index in [0.717, 1.165) is 24.0 Å². The van der Waals surface area contributed by atoms with E-state index in [2.05, 4.69) is 21.3 Å². The van der Waals surface area contributed by atoms with E-state index in [-0.39, 0.29) is 46.2 Å². The maximum Gasteiger partial charge on any atom is 0.328 e. The number of carboxylic acids is 1. The van der Waals surface area contributed by atoms with Crippen LogP contribution >= 0.6 is 34.8 Å². The van der Waals surface area contributed by atoms with Gasteiger partial charge in [0.2, 0.25) is 5.91 Å². The van der Waals surface area contributed by atoms with Gasteiger partial charge >= 0.3 is 12.0 Å². The predicted molar refractivity (Wildman–Crippen MR) is 153 cm³/mol. The van der Waals surface area contributed by atoms with E-state index in [4.69, 9.17) is 34.8 Å². The number of urea groups is 1. The van der Waals surface area contributed by atoms with Crippen molar-refractivity contribution in [1.82, 2.24) is 16.0 Å². The van der Waals surface area contributed by atoms with Gasteiger partial charge in [-0.05, 0) is 53.8 Å². The normalized spacial score (nSPS) is 14.5. The Morgan fingerprint density at radius 3 is 2.38 bits per heavy atom. The number of hydrogen-bond donors (Lipinski definition) is 5. The molecule has 3 aromatic carbocycles. The second-order valence-corrected chi connectivity index (χ2v) is 10.4. The third-order valence-corrected chi connectivity index (χ3v) is 7.15. The number of aliphatic carboxylic acids is 1. The van der Waals surface area contributed by atoms with Gasteiger partial charge in [0.05, 0.1) is 34.6 Å². The van der Waals surface area contributed by atoms with Crippen molar-refractivity contribution in [3.8, 4) is 0 Å². The van der Waals surface area contributed by atoms with Gasteiger partial charge in [0.15, 0.2) is 0 Å². The number of carbonyl (C=O) groups is 4. The number of halogens is 3. The zero-order chi connectivity index (χ0) is 28.8. The quantitative estimate of drug-likeness (QED) is 0.235. The molecule has 9 nitrogen and oxygen atoms in total. The fraction of sp³-hybridized carbons (Fsp3) is 0.214. The maximum atomic E-state index is 12.9. The summed E-state index contributed by atoms with van der Waals surface area (Å²) in [5, 5.41) is 20.2. The molecule has 0 aromatic heterocycles. The molecule has 4 rings (SSSR count). The average molecular weight is 604 g/mol. The smallest absolute Gasteiger partial charge is 0.328 e. The molecule has 1 aliphatic rings. The van der Waals surface area contributed by atoms with Gasteiger partial charge in [0.1, 0.15) is 6.04 Å². The fourth-order valence-corrected chi connectivity index (χ4v) is 5.31. The molecule has 0 aliphatic heterocycles. The van der Waals surface area contributed by atoms with Crippen LogP contribution < -0.4 is 21.3 Å². The molecular weight excluding hydrogens is 579 g/mol. The zero-order valence-electron chi connectivity index (χ0n) is 21.0. The summed E-state index contributed by atoms with van der Waals surface area (Å²) in [5.41, 5.74) is 2.96. The van der Waals surface area contributed by atoms with Crippen LogP contribution in [0.25, 0.3) is 0 Å². The van der Waals surface area contributed by atoms with Gasteiger partial charge in [-0.3, -0.25) is 9.59 Å². The lowest BCUT2D eigenvalue weighted by Gasteiger charge is -2.19. The molecule has 2 unspecified atom stereocenters. The predicted octanol–water partition coefficient (Wildman–Crippen LogP) is 5.00. The maximum absolute atomic E-state index is 12.9. The molecule has 1 aliphatic carbocycles. The van der Waals surface area contributed by atoms with Crippen LogP contribution in [0.1, 0.15) is 39.5 Å². The molecule has 0 heterocycles. The van der Waals surface area contributed by atoms with E-state index in [1.807, 2.05) is 24.3 Å². The van der Waals surface area contributed by atoms with E-state index >= 15 is 0 Å². The molecule has 40 heavy (non-hydrogen) atoms. The summed E-state index contributed by atoms with van der Waals surface area (Å²) in [6.07, 6.45) is 1.62. The van der Waals surface area contributed by atoms with E-state index in [9.17, 15) is 24.3 Å². The summed E-state index contributed by atoms with van der Waals surface area (Å²) < 4.78 is 0. The number of amides is 4. The first-order valence-electron chi connectivity index (χ1n) is 12.3. The molecule has 3 aromatic rings. The SMILES string of the molecule is O=C(Cc1cccc(Cl)c1)Nc1cc(Cl)c(C(=O)NC(CNC(=O)NC2CCc3ccccc32)C(=O)O)c(Cl)c1. The third kappa shape index (κ3) is 7.44. The molecule has 0 spiro atoms. The van der Waals surface area contributed by atoms with Crippen LogP contribution in [-0.4, -0.2) is 41.5 Å². The lowest BCUT2D eigenvalue weighted by molar-refractivity contribution is -0.139. The molecule has 0 saturated carbocycles. The van der Waals surface area contributed by atoms with E-state index in [1.54, 1.807) is 24.3 Å². The Morgan fingerprint density at radius 1 is 0.950 bits per heavy atom. The number of hydrogen-bond acceptors (Lipinski definition) is 4. The number of rotatable bonds is 9. The number of carboxylic acid groups (broad SMARTS) is 1. The molecule has 2 atom stereocenters. The molecule has 208 valence electrons. The number of anilines is 1. The monoisotopic (exact) mass is 602 g/mol. The van der Waals surface area contributed by atoms with Crippen molar-refractivity contribution in [3.63, 3.8) is 0 Å². The van der Waals surface area contributed by atoms with Gasteiger partial charge in [0, 0.05) is 10.7 Å². The van der Waals surface area contributed by atoms with Crippen LogP contribution in [0, 0.1) is 0 Å². The van der Waals surface area contributed by atoms with Crippen LogP contribution in [0.2, 0.25) is 15.1 Å². The Kier molecular flexibility index (Phi) is 9.52. The molecule has 0 radical (unpaired) electrons. The summed E-state index contributed by atoms with van der Waals surface area (Å²) >= 11 is 18.5. The minimum Gasteiger partial charge on any atom is -0.480 e. The number of nitrogens with one attached hydrogen (secondary N) is 4. The molecule has 0 fully saturated rings. The highest BCUT2D eigenvalue weighted by atomic mass is 35.5. The standard InChI is InChI=1S/C28H25Cl3N4O5/c29-17-6-3-4-15(10-17)11-24(36)33-18-12-20(30)25(21(31)13-18)26(37)34-23(27(38)39)14-32-28(40)35-22-9-8-16-5-1-2-7-19(16)22/h1-7,10,12-13,22-23H,8-9,11,14H2,(H,33,36)(H,34,37)(H,38,39)(H2,32,35,40). The van der Waals surface area contributed by atoms with Crippen molar-refractivity contribution in [2.45, 2.75) is 31.3 Å². The second-order valence-electron chi connectivity index (χ2n) is 9.18. The van der Waals surface area contributed by atoms with Gasteiger partial charge in [0.25, 0.3) is 5.91 Å². The first-order chi connectivity index (χ1) is 19.1. The Hall–Kier alpha value is -3.79. The van der Waals surface area contributed by atoms with Crippen molar-refractivity contribution in [3.05, 3.63) is 98.0 Å². The highest BCUT2D eigenvalue weighted by Crippen LogP contribution is 2.31. The van der Waals surface area contributed by atoms with Gasteiger partial charge in [-0.1, -0.05) is 71.2 Å². The highest BCUT2D eigenvalue weighted by Gasteiger charge is 2.27. The molecule has 0 bridgehead atoms. The summed E-state index contributed by atoms with van der Waals surface area (Å²) in [4.78, 5) is 49.6. The van der Waals surface area contributed by atoms with Crippen LogP contribution in [0.5, 0.6) is 0 Å². The summed E-state index contributed by atoms with van der Waals surface area (Å²) in [5.74, 6) is -2.58. The number of aryl methyl sites for hydroxylation is 1. The Balaban J connectivity index is 1.34. The van der Waals surface area contributed by atoms with Crippen LogP contribution in [0.4, 0.5) is 10.5 Å². The number of fused-ring (bicyclic) bond motifs is 1. The first-order valence-corrected chi connectivity index (χ1v) is 13.4. The van der Waals surface area contributed by atoms with E-state index < -0.39 is 23.9 Å². The topological polar surface area (TPSA) is 137 Å². The average Bonchev–Trinajstić information content (AvgIpc) is 3.28. The van der Waals surface area contributed by atoms with E-state index in [0.29, 0.717) is 10.6 Å². The second kappa shape index (κ2) is 13.0. The van der Waals surface area contributed by atoms with Gasteiger partial charge in [-0.2, -0.15) is 0 Å². The lowest BCUT2D eigenvalue weighted by Crippen LogP contribution is -2.50. The zero-order valence-corrected chi connectivity index (χ0v) is 23.2. The molecule has 5 N–H and O–H groups in total. The molecule has 0 saturated heterocycles. The van der Waals surface area contributed by atoms with Gasteiger partial charge in [-0.25, -0.2) is 9.59 Å². The highest BCUT2D eigenvalue weighted by molar-refractivity contribution is 6.40. The van der Waals surface area contributed by atoms with Crippen LogP contribution in [0.3, 0.4) is 0 Å². The largest absolute Gasteiger partial charge is 0.480 e. The summed E-state index contributed by atoms with van der Waals surface area (Å²) in [6, 6.07) is 15.1. The van der Waals surface area contributed by atoms with Crippen LogP contribution in [-0.2, 0) is 22.4 Å². The van der Waals surface area contributed by atoms with Crippen molar-refractivity contribution >= 4 is 64.3 Å². The summed E-state index contributed by atoms with van der Waals surface area (Å²) in [6.45, 7) is -0.381. The number of benzene rings is 3. The first kappa shape index (κ1) is 29.2. The van der Waals surface area contributed by atoms with Gasteiger partial charge < -0.3 is 26.4 Å². The Morgan fingerprint density at radius 2 is 1.68 bits per heavy atom. The minimum absolute atomic E-state index is 0.0478. The number of carbonyl (C=O) groups excluding carboxylic acids is 3. The van der Waals surface area contributed by atoms with E-state index in [1.165, 1.54) is 12.1 Å². The molecule has 4 amide bonds. The lowest BCUT2D eigenvalue weighted by atomic mass is 10.1. The Labute approximate surface area is 245 Å². The summed E-state index contributed by atoms with van der Waals surface area (Å²) in [7, 11) is 0. The van der Waals surface area contributed by atoms with Gasteiger partial charge in [-0.15, -0.1) is 0 Å². The van der Waals surface area contributed by atoms with Crippen molar-refractivity contribution in [2.24, 2.45) is 0 Å². The van der Waals surface area contributed by atoms with Crippen molar-refractivity contribution in [2.75, 3.05) is 11.9 Å². The van der Waals surface area contributed by atoms with Crippen molar-refractivity contribution < 1.29 is 24.3 Å².